The van der Waals surface area contributed by atoms with Gasteiger partial charge in [-0.3, -0.25) is 0 Å². The van der Waals surface area contributed by atoms with Crippen molar-refractivity contribution in [3.05, 3.63) is 48.3 Å². The summed E-state index contributed by atoms with van der Waals surface area (Å²) in [5.74, 6) is 1.63. The highest BCUT2D eigenvalue weighted by atomic mass is 16.7. The second-order valence-electron chi connectivity index (χ2n) is 4.30. The van der Waals surface area contributed by atoms with Gasteiger partial charge in [0.25, 0.3) is 0 Å². The Morgan fingerprint density at radius 3 is 2.95 bits per heavy atom. The fraction of sp³-hybridized carbons (Fsp3) is 0.214. The number of rotatable bonds is 5. The Kier molecular flexibility index (Phi) is 3.20. The summed E-state index contributed by atoms with van der Waals surface area (Å²) >= 11 is 0. The van der Waals surface area contributed by atoms with Crippen molar-refractivity contribution in [1.82, 2.24) is 15.1 Å². The summed E-state index contributed by atoms with van der Waals surface area (Å²) in [5, 5.41) is 7.49. The Balaban J connectivity index is 1.56. The zero-order valence-electron chi connectivity index (χ0n) is 10.5. The van der Waals surface area contributed by atoms with Crippen molar-refractivity contribution in [2.75, 3.05) is 6.79 Å². The summed E-state index contributed by atoms with van der Waals surface area (Å²) < 4.78 is 12.3. The molecule has 98 valence electrons. The maximum Gasteiger partial charge on any atom is 0.231 e. The van der Waals surface area contributed by atoms with Crippen LogP contribution in [0.1, 0.15) is 11.1 Å². The predicted molar refractivity (Wildman–Crippen MR) is 71.7 cm³/mol. The van der Waals surface area contributed by atoms with Crippen LogP contribution >= 0.6 is 0 Å². The third-order valence-electron chi connectivity index (χ3n) is 2.94. The van der Waals surface area contributed by atoms with Crippen molar-refractivity contribution < 1.29 is 9.47 Å². The number of hydrogen-bond donors (Lipinski definition) is 1. The zero-order chi connectivity index (χ0) is 13.1. The number of nitrogens with one attached hydrogen (secondary N) is 1. The van der Waals surface area contributed by atoms with Gasteiger partial charge in [0.1, 0.15) is 0 Å². The molecule has 0 aliphatic carbocycles. The highest BCUT2D eigenvalue weighted by molar-refractivity contribution is 5.44. The topological polar surface area (TPSA) is 48.3 Å². The lowest BCUT2D eigenvalue weighted by molar-refractivity contribution is 0.174. The van der Waals surface area contributed by atoms with Crippen LogP contribution in [-0.4, -0.2) is 16.6 Å². The minimum absolute atomic E-state index is 0.312. The van der Waals surface area contributed by atoms with Gasteiger partial charge in [-0.15, -0.1) is 0 Å². The lowest BCUT2D eigenvalue weighted by Crippen LogP contribution is -2.12. The highest BCUT2D eigenvalue weighted by Gasteiger charge is 2.12. The van der Waals surface area contributed by atoms with Crippen molar-refractivity contribution in [2.45, 2.75) is 13.1 Å². The first-order chi connectivity index (χ1) is 9.35. The second-order valence-corrected chi connectivity index (χ2v) is 4.30. The predicted octanol–water partition coefficient (Wildman–Crippen LogP) is 2.00. The standard InChI is InChI=1S/C14H15N3O2/c1-2-17-9-12(8-16-17)7-15-6-11-3-4-13-14(5-11)19-10-18-13/h2-5,8-9,15H,1,6-7,10H2. The molecule has 19 heavy (non-hydrogen) atoms. The molecule has 0 saturated carbocycles. The maximum atomic E-state index is 5.35. The van der Waals surface area contributed by atoms with Crippen LogP contribution in [0.25, 0.3) is 6.20 Å². The average molecular weight is 257 g/mol. The van der Waals surface area contributed by atoms with E-state index in [0.29, 0.717) is 6.79 Å². The monoisotopic (exact) mass is 257 g/mol. The Morgan fingerprint density at radius 1 is 1.26 bits per heavy atom. The molecule has 5 nitrogen and oxygen atoms in total. The second kappa shape index (κ2) is 5.16. The number of fused-ring (bicyclic) bond motifs is 1. The Bertz CT molecular complexity index is 592. The van der Waals surface area contributed by atoms with E-state index in [1.54, 1.807) is 10.9 Å². The molecule has 1 N–H and O–H groups in total. The first kappa shape index (κ1) is 11.8. The van der Waals surface area contributed by atoms with Crippen LogP contribution in [-0.2, 0) is 13.1 Å². The summed E-state index contributed by atoms with van der Waals surface area (Å²) in [6, 6.07) is 5.98. The normalized spacial score (nSPS) is 12.6. The van der Waals surface area contributed by atoms with E-state index < -0.39 is 0 Å². The van der Waals surface area contributed by atoms with E-state index in [1.807, 2.05) is 30.6 Å². The molecule has 1 aromatic carbocycles. The molecular weight excluding hydrogens is 242 g/mol. The molecule has 0 bridgehead atoms. The largest absolute Gasteiger partial charge is 0.454 e. The van der Waals surface area contributed by atoms with Crippen LogP contribution in [0.2, 0.25) is 0 Å². The third kappa shape index (κ3) is 2.61. The smallest absolute Gasteiger partial charge is 0.231 e. The first-order valence-corrected chi connectivity index (χ1v) is 6.10. The molecule has 0 spiro atoms. The first-order valence-electron chi connectivity index (χ1n) is 6.10. The number of aromatic nitrogens is 2. The van der Waals surface area contributed by atoms with Crippen LogP contribution in [0, 0.1) is 0 Å². The summed E-state index contributed by atoms with van der Waals surface area (Å²) in [6.07, 6.45) is 5.44. The fourth-order valence-corrected chi connectivity index (χ4v) is 1.97. The number of ether oxygens (including phenoxy) is 2. The van der Waals surface area contributed by atoms with Crippen molar-refractivity contribution in [3.63, 3.8) is 0 Å². The van der Waals surface area contributed by atoms with Crippen LogP contribution in [0.15, 0.2) is 37.2 Å². The van der Waals surface area contributed by atoms with Gasteiger partial charge in [-0.25, -0.2) is 4.68 Å². The minimum atomic E-state index is 0.312. The quantitative estimate of drug-likeness (QED) is 0.890. The summed E-state index contributed by atoms with van der Waals surface area (Å²) in [5.41, 5.74) is 2.29. The van der Waals surface area contributed by atoms with Crippen molar-refractivity contribution in [3.8, 4) is 11.5 Å². The van der Waals surface area contributed by atoms with Crippen LogP contribution in [0.4, 0.5) is 0 Å². The Hall–Kier alpha value is -2.27. The molecule has 0 radical (unpaired) electrons. The van der Waals surface area contributed by atoms with E-state index in [0.717, 1.165) is 30.2 Å². The number of benzene rings is 1. The minimum Gasteiger partial charge on any atom is -0.454 e. The summed E-state index contributed by atoms with van der Waals surface area (Å²) in [7, 11) is 0. The molecule has 2 aromatic rings. The van der Waals surface area contributed by atoms with E-state index in [9.17, 15) is 0 Å². The SMILES string of the molecule is C=Cn1cc(CNCc2ccc3c(c2)OCO3)cn1. The molecule has 1 aliphatic rings. The summed E-state index contributed by atoms with van der Waals surface area (Å²) in [6.45, 7) is 5.51. The van der Waals surface area contributed by atoms with Gasteiger partial charge in [-0.05, 0) is 17.7 Å². The van der Waals surface area contributed by atoms with Gasteiger partial charge in [-0.1, -0.05) is 12.6 Å². The molecule has 0 unspecified atom stereocenters. The lowest BCUT2D eigenvalue weighted by Gasteiger charge is -2.04. The number of nitrogens with zero attached hydrogens (tertiary/aromatic N) is 2. The Labute approximate surface area is 111 Å². The molecule has 1 aliphatic heterocycles. The van der Waals surface area contributed by atoms with Gasteiger partial charge in [0.05, 0.1) is 6.20 Å². The van der Waals surface area contributed by atoms with Crippen LogP contribution in [0.3, 0.4) is 0 Å². The van der Waals surface area contributed by atoms with Gasteiger partial charge < -0.3 is 14.8 Å². The lowest BCUT2D eigenvalue weighted by atomic mass is 10.2. The third-order valence-corrected chi connectivity index (χ3v) is 2.94. The molecule has 2 heterocycles. The molecule has 3 rings (SSSR count). The molecule has 5 heteroatoms. The number of hydrogen-bond acceptors (Lipinski definition) is 4. The van der Waals surface area contributed by atoms with Crippen molar-refractivity contribution in [1.29, 1.82) is 0 Å². The van der Waals surface area contributed by atoms with Gasteiger partial charge >= 0.3 is 0 Å². The van der Waals surface area contributed by atoms with E-state index >= 15 is 0 Å². The van der Waals surface area contributed by atoms with Crippen molar-refractivity contribution in [2.24, 2.45) is 0 Å². The maximum absolute atomic E-state index is 5.35. The summed E-state index contributed by atoms with van der Waals surface area (Å²) in [4.78, 5) is 0. The molecule has 0 fully saturated rings. The molecule has 0 atom stereocenters. The van der Waals surface area contributed by atoms with E-state index in [1.165, 1.54) is 5.56 Å². The van der Waals surface area contributed by atoms with E-state index in [-0.39, 0.29) is 0 Å². The Morgan fingerprint density at radius 2 is 2.11 bits per heavy atom. The molecule has 0 saturated heterocycles. The van der Waals surface area contributed by atoms with Gasteiger partial charge in [0.15, 0.2) is 11.5 Å². The van der Waals surface area contributed by atoms with Crippen LogP contribution in [0.5, 0.6) is 11.5 Å². The average Bonchev–Trinajstić information content (AvgIpc) is 3.06. The molecule has 0 amide bonds. The van der Waals surface area contributed by atoms with Gasteiger partial charge in [0.2, 0.25) is 6.79 Å². The van der Waals surface area contributed by atoms with E-state index in [4.69, 9.17) is 9.47 Å². The fourth-order valence-electron chi connectivity index (χ4n) is 1.97. The van der Waals surface area contributed by atoms with Gasteiger partial charge in [0, 0.05) is 31.0 Å². The highest BCUT2D eigenvalue weighted by Crippen LogP contribution is 2.32. The van der Waals surface area contributed by atoms with Crippen LogP contribution < -0.4 is 14.8 Å². The zero-order valence-corrected chi connectivity index (χ0v) is 10.5. The van der Waals surface area contributed by atoms with E-state index in [2.05, 4.69) is 17.0 Å². The molecular formula is C14H15N3O2. The molecule has 1 aromatic heterocycles. The van der Waals surface area contributed by atoms with Crippen molar-refractivity contribution >= 4 is 6.20 Å². The van der Waals surface area contributed by atoms with Gasteiger partial charge in [-0.2, -0.15) is 5.10 Å².